The van der Waals surface area contributed by atoms with Crippen LogP contribution in [0.1, 0.15) is 33.1 Å². The van der Waals surface area contributed by atoms with Gasteiger partial charge in [-0.3, -0.25) is 4.79 Å². The molecule has 2 fully saturated rings. The first-order valence-corrected chi connectivity index (χ1v) is 6.77. The topological polar surface area (TPSA) is 49.6 Å². The summed E-state index contributed by atoms with van der Waals surface area (Å²) in [5.41, 5.74) is 6.02. The summed E-state index contributed by atoms with van der Waals surface area (Å²) in [6, 6.07) is 0.537. The zero-order valence-corrected chi connectivity index (χ0v) is 11.2. The van der Waals surface area contributed by atoms with Crippen LogP contribution in [0.4, 0.5) is 0 Å². The molecule has 1 aliphatic carbocycles. The van der Waals surface area contributed by atoms with Gasteiger partial charge >= 0.3 is 0 Å². The van der Waals surface area contributed by atoms with E-state index in [0.717, 1.165) is 32.4 Å². The SMILES string of the molecule is CC(C)[C@H](N)C(=O)N(C1CC1)[C@@H]1CCN(C)C1. The number of rotatable bonds is 4. The van der Waals surface area contributed by atoms with E-state index in [4.69, 9.17) is 5.73 Å². The minimum absolute atomic E-state index is 0.169. The molecule has 98 valence electrons. The van der Waals surface area contributed by atoms with Gasteiger partial charge in [0.25, 0.3) is 0 Å². The maximum Gasteiger partial charge on any atom is 0.240 e. The number of likely N-dealkylation sites (N-methyl/N-ethyl adjacent to an activating group) is 1. The summed E-state index contributed by atoms with van der Waals surface area (Å²) in [6.45, 7) is 6.15. The smallest absolute Gasteiger partial charge is 0.240 e. The molecule has 4 nitrogen and oxygen atoms in total. The fourth-order valence-corrected chi connectivity index (χ4v) is 2.61. The maximum absolute atomic E-state index is 12.4. The first-order chi connectivity index (χ1) is 8.00. The number of hydrogen-bond acceptors (Lipinski definition) is 3. The van der Waals surface area contributed by atoms with E-state index in [1.165, 1.54) is 0 Å². The minimum atomic E-state index is -0.332. The summed E-state index contributed by atoms with van der Waals surface area (Å²) >= 11 is 0. The lowest BCUT2D eigenvalue weighted by Gasteiger charge is -2.32. The van der Waals surface area contributed by atoms with E-state index in [1.807, 2.05) is 13.8 Å². The van der Waals surface area contributed by atoms with Crippen molar-refractivity contribution in [3.63, 3.8) is 0 Å². The van der Waals surface area contributed by atoms with Crippen molar-refractivity contribution in [1.29, 1.82) is 0 Å². The third-order valence-corrected chi connectivity index (χ3v) is 3.96. The average Bonchev–Trinajstić information content (AvgIpc) is 3.01. The Morgan fingerprint density at radius 3 is 2.35 bits per heavy atom. The second-order valence-corrected chi connectivity index (χ2v) is 5.95. The minimum Gasteiger partial charge on any atom is -0.334 e. The molecule has 2 rings (SSSR count). The van der Waals surface area contributed by atoms with E-state index in [9.17, 15) is 4.79 Å². The molecule has 0 unspecified atom stereocenters. The molecular weight excluding hydrogens is 214 g/mol. The van der Waals surface area contributed by atoms with Crippen LogP contribution in [0.5, 0.6) is 0 Å². The van der Waals surface area contributed by atoms with Crippen LogP contribution in [-0.4, -0.2) is 54.0 Å². The van der Waals surface area contributed by atoms with Gasteiger partial charge in [0.2, 0.25) is 5.91 Å². The van der Waals surface area contributed by atoms with E-state index in [0.29, 0.717) is 12.1 Å². The molecule has 1 aliphatic heterocycles. The van der Waals surface area contributed by atoms with E-state index >= 15 is 0 Å². The predicted molar refractivity (Wildman–Crippen MR) is 68.6 cm³/mol. The highest BCUT2D eigenvalue weighted by atomic mass is 16.2. The lowest BCUT2D eigenvalue weighted by Crippen LogP contribution is -2.52. The average molecular weight is 239 g/mol. The number of nitrogens with zero attached hydrogens (tertiary/aromatic N) is 2. The molecule has 0 bridgehead atoms. The molecule has 1 saturated carbocycles. The standard InChI is InChI=1S/C13H25N3O/c1-9(2)12(14)13(17)16(10-4-5-10)11-6-7-15(3)8-11/h9-12H,4-8,14H2,1-3H3/t11-,12+/m1/s1. The van der Waals surface area contributed by atoms with Crippen molar-refractivity contribution >= 4 is 5.91 Å². The first-order valence-electron chi connectivity index (χ1n) is 6.77. The second kappa shape index (κ2) is 4.94. The Bertz CT molecular complexity index is 288. The largest absolute Gasteiger partial charge is 0.334 e. The molecule has 2 atom stereocenters. The second-order valence-electron chi connectivity index (χ2n) is 5.95. The summed E-state index contributed by atoms with van der Waals surface area (Å²) < 4.78 is 0. The summed E-state index contributed by atoms with van der Waals surface area (Å²) in [7, 11) is 2.12. The van der Waals surface area contributed by atoms with Crippen molar-refractivity contribution in [3.05, 3.63) is 0 Å². The number of likely N-dealkylation sites (tertiary alicyclic amines) is 1. The summed E-state index contributed by atoms with van der Waals surface area (Å²) in [4.78, 5) is 16.8. The van der Waals surface area contributed by atoms with Gasteiger partial charge in [0, 0.05) is 18.6 Å². The zero-order valence-electron chi connectivity index (χ0n) is 11.2. The summed E-state index contributed by atoms with van der Waals surface area (Å²) in [5, 5.41) is 0. The predicted octanol–water partition coefficient (Wildman–Crippen LogP) is 0.665. The van der Waals surface area contributed by atoms with Crippen molar-refractivity contribution in [2.45, 2.75) is 51.2 Å². The Kier molecular flexibility index (Phi) is 3.73. The van der Waals surface area contributed by atoms with Gasteiger partial charge in [-0.1, -0.05) is 13.8 Å². The molecule has 1 heterocycles. The van der Waals surface area contributed by atoms with Gasteiger partial charge in [0.05, 0.1) is 6.04 Å². The van der Waals surface area contributed by atoms with E-state index in [-0.39, 0.29) is 17.9 Å². The van der Waals surface area contributed by atoms with Gasteiger partial charge in [-0.25, -0.2) is 0 Å². The molecule has 1 saturated heterocycles. The summed E-state index contributed by atoms with van der Waals surface area (Å²) in [5.74, 6) is 0.394. The van der Waals surface area contributed by atoms with Crippen molar-refractivity contribution in [3.8, 4) is 0 Å². The van der Waals surface area contributed by atoms with Crippen molar-refractivity contribution in [2.75, 3.05) is 20.1 Å². The third kappa shape index (κ3) is 2.80. The fraction of sp³-hybridized carbons (Fsp3) is 0.923. The Hall–Kier alpha value is -0.610. The third-order valence-electron chi connectivity index (χ3n) is 3.96. The molecule has 0 aromatic rings. The maximum atomic E-state index is 12.4. The Morgan fingerprint density at radius 2 is 1.94 bits per heavy atom. The van der Waals surface area contributed by atoms with Crippen LogP contribution >= 0.6 is 0 Å². The van der Waals surface area contributed by atoms with Crippen molar-refractivity contribution in [1.82, 2.24) is 9.80 Å². The number of nitrogens with two attached hydrogens (primary N) is 1. The summed E-state index contributed by atoms with van der Waals surface area (Å²) in [6.07, 6.45) is 3.43. The lowest BCUT2D eigenvalue weighted by atomic mass is 10.0. The highest BCUT2D eigenvalue weighted by molar-refractivity contribution is 5.83. The molecule has 2 N–H and O–H groups in total. The van der Waals surface area contributed by atoms with Crippen LogP contribution in [-0.2, 0) is 4.79 Å². The molecular formula is C13H25N3O. The van der Waals surface area contributed by atoms with Gasteiger partial charge in [-0.2, -0.15) is 0 Å². The monoisotopic (exact) mass is 239 g/mol. The Morgan fingerprint density at radius 1 is 1.29 bits per heavy atom. The van der Waals surface area contributed by atoms with Crippen molar-refractivity contribution < 1.29 is 4.79 Å². The number of hydrogen-bond donors (Lipinski definition) is 1. The molecule has 0 spiro atoms. The molecule has 17 heavy (non-hydrogen) atoms. The molecule has 0 aromatic heterocycles. The number of carbonyl (C=O) groups excluding carboxylic acids is 1. The van der Waals surface area contributed by atoms with Gasteiger partial charge in [0.1, 0.15) is 0 Å². The molecule has 2 aliphatic rings. The number of carbonyl (C=O) groups is 1. The number of amides is 1. The fourth-order valence-electron chi connectivity index (χ4n) is 2.61. The molecule has 0 radical (unpaired) electrons. The molecule has 0 aromatic carbocycles. The first kappa shape index (κ1) is 12.8. The van der Waals surface area contributed by atoms with E-state index in [1.54, 1.807) is 0 Å². The van der Waals surface area contributed by atoms with E-state index in [2.05, 4.69) is 16.8 Å². The van der Waals surface area contributed by atoms with Gasteiger partial charge in [-0.05, 0) is 38.8 Å². The quantitative estimate of drug-likeness (QED) is 0.784. The van der Waals surface area contributed by atoms with Gasteiger partial charge < -0.3 is 15.5 Å². The van der Waals surface area contributed by atoms with Crippen LogP contribution in [0.2, 0.25) is 0 Å². The van der Waals surface area contributed by atoms with Gasteiger partial charge in [0.15, 0.2) is 0 Å². The van der Waals surface area contributed by atoms with Gasteiger partial charge in [-0.15, -0.1) is 0 Å². The van der Waals surface area contributed by atoms with Crippen LogP contribution in [0.15, 0.2) is 0 Å². The van der Waals surface area contributed by atoms with Crippen LogP contribution in [0.25, 0.3) is 0 Å². The van der Waals surface area contributed by atoms with E-state index < -0.39 is 0 Å². The van der Waals surface area contributed by atoms with Crippen LogP contribution in [0, 0.1) is 5.92 Å². The lowest BCUT2D eigenvalue weighted by molar-refractivity contribution is -0.136. The normalized spacial score (nSPS) is 27.5. The Labute approximate surface area is 104 Å². The molecule has 4 heteroatoms. The highest BCUT2D eigenvalue weighted by Gasteiger charge is 2.41. The highest BCUT2D eigenvalue weighted by Crippen LogP contribution is 2.32. The van der Waals surface area contributed by atoms with Crippen LogP contribution in [0.3, 0.4) is 0 Å². The van der Waals surface area contributed by atoms with Crippen molar-refractivity contribution in [2.24, 2.45) is 11.7 Å². The zero-order chi connectivity index (χ0) is 12.6. The van der Waals surface area contributed by atoms with Crippen LogP contribution < -0.4 is 5.73 Å². The molecule has 1 amide bonds. The Balaban J connectivity index is 2.04.